The zero-order valence-electron chi connectivity index (χ0n) is 16.7. The third kappa shape index (κ3) is 8.37. The number of aliphatic carboxylic acids is 1. The highest BCUT2D eigenvalue weighted by molar-refractivity contribution is 5.73. The van der Waals surface area contributed by atoms with Crippen LogP contribution in [0, 0.1) is 11.8 Å². The second-order valence-electron chi connectivity index (χ2n) is 6.59. The summed E-state index contributed by atoms with van der Waals surface area (Å²) in [7, 11) is 0. The van der Waals surface area contributed by atoms with Crippen LogP contribution < -0.4 is 5.73 Å². The molecule has 0 aliphatic rings. The molecule has 0 aromatic heterocycles. The standard InChI is InChI=1S/C23H21N.C2HF3O2/c24-16-6-10-19-7-4-8-20(17-19)14-15-21-9-5-13-23(18-21)22-11-2-1-3-12-22;3-2(4,5)1(6)7/h1-5,7-9,11-13,17-18H,6,10,16,24H2;(H,6,7). The number of aryl methyl sites for hydroxylation is 1. The predicted octanol–water partition coefficient (Wildman–Crippen LogP) is 5.28. The van der Waals surface area contributed by atoms with Gasteiger partial charge >= 0.3 is 12.1 Å². The van der Waals surface area contributed by atoms with Crippen molar-refractivity contribution < 1.29 is 23.1 Å². The van der Waals surface area contributed by atoms with E-state index in [2.05, 4.69) is 84.6 Å². The Bertz CT molecular complexity index is 1050. The van der Waals surface area contributed by atoms with E-state index in [1.165, 1.54) is 16.7 Å². The van der Waals surface area contributed by atoms with Crippen molar-refractivity contribution in [3.63, 3.8) is 0 Å². The summed E-state index contributed by atoms with van der Waals surface area (Å²) in [6, 6.07) is 27.2. The lowest BCUT2D eigenvalue weighted by Gasteiger charge is -2.02. The van der Waals surface area contributed by atoms with Gasteiger partial charge in [-0.25, -0.2) is 4.79 Å². The van der Waals surface area contributed by atoms with Gasteiger partial charge in [0.15, 0.2) is 0 Å². The van der Waals surface area contributed by atoms with E-state index < -0.39 is 12.1 Å². The van der Waals surface area contributed by atoms with E-state index >= 15 is 0 Å². The summed E-state index contributed by atoms with van der Waals surface area (Å²) in [5.74, 6) is 3.80. The highest BCUT2D eigenvalue weighted by Crippen LogP contribution is 2.19. The number of rotatable bonds is 4. The maximum Gasteiger partial charge on any atom is 0.490 e. The maximum atomic E-state index is 10.6. The van der Waals surface area contributed by atoms with Crippen molar-refractivity contribution >= 4 is 5.97 Å². The molecule has 0 atom stereocenters. The number of carboxylic acid groups (broad SMARTS) is 1. The number of carbonyl (C=O) groups is 1. The second-order valence-corrected chi connectivity index (χ2v) is 6.59. The lowest BCUT2D eigenvalue weighted by Crippen LogP contribution is -2.21. The van der Waals surface area contributed by atoms with Crippen molar-refractivity contribution in [2.75, 3.05) is 6.54 Å². The first-order chi connectivity index (χ1) is 14.8. The Morgan fingerprint density at radius 2 is 1.39 bits per heavy atom. The minimum Gasteiger partial charge on any atom is -0.475 e. The van der Waals surface area contributed by atoms with Crippen LogP contribution in [0.2, 0.25) is 0 Å². The van der Waals surface area contributed by atoms with Gasteiger partial charge in [-0.1, -0.05) is 66.4 Å². The number of hydrogen-bond donors (Lipinski definition) is 2. The maximum absolute atomic E-state index is 10.6. The van der Waals surface area contributed by atoms with Crippen LogP contribution >= 0.6 is 0 Å². The van der Waals surface area contributed by atoms with Crippen LogP contribution in [0.1, 0.15) is 23.1 Å². The molecule has 160 valence electrons. The van der Waals surface area contributed by atoms with Crippen molar-refractivity contribution in [1.82, 2.24) is 0 Å². The molecular weight excluding hydrogens is 403 g/mol. The Morgan fingerprint density at radius 1 is 0.839 bits per heavy atom. The van der Waals surface area contributed by atoms with Crippen LogP contribution in [-0.4, -0.2) is 23.8 Å². The first kappa shape index (κ1) is 23.7. The molecule has 0 fully saturated rings. The van der Waals surface area contributed by atoms with Crippen molar-refractivity contribution in [3.05, 3.63) is 95.6 Å². The lowest BCUT2D eigenvalue weighted by molar-refractivity contribution is -0.192. The van der Waals surface area contributed by atoms with E-state index in [0.29, 0.717) is 0 Å². The fourth-order valence-corrected chi connectivity index (χ4v) is 2.66. The van der Waals surface area contributed by atoms with Crippen LogP contribution in [0.25, 0.3) is 11.1 Å². The zero-order chi connectivity index (χ0) is 22.7. The van der Waals surface area contributed by atoms with Crippen LogP contribution in [0.3, 0.4) is 0 Å². The summed E-state index contributed by atoms with van der Waals surface area (Å²) in [6.45, 7) is 0.724. The topological polar surface area (TPSA) is 63.3 Å². The molecule has 3 rings (SSSR count). The molecule has 0 aliphatic carbocycles. The summed E-state index contributed by atoms with van der Waals surface area (Å²) in [6.07, 6.45) is -3.06. The van der Waals surface area contributed by atoms with Gasteiger partial charge in [-0.15, -0.1) is 0 Å². The fraction of sp³-hybridized carbons (Fsp3) is 0.160. The van der Waals surface area contributed by atoms with Gasteiger partial charge in [0.25, 0.3) is 0 Å². The normalized spacial score (nSPS) is 10.3. The molecule has 0 heterocycles. The van der Waals surface area contributed by atoms with Gasteiger partial charge in [-0.2, -0.15) is 13.2 Å². The van der Waals surface area contributed by atoms with Gasteiger partial charge in [-0.05, 0) is 60.3 Å². The van der Waals surface area contributed by atoms with E-state index in [1.54, 1.807) is 0 Å². The zero-order valence-corrected chi connectivity index (χ0v) is 16.7. The smallest absolute Gasteiger partial charge is 0.475 e. The molecule has 0 amide bonds. The minimum atomic E-state index is -5.08. The highest BCUT2D eigenvalue weighted by Gasteiger charge is 2.38. The summed E-state index contributed by atoms with van der Waals surface area (Å²) >= 11 is 0. The van der Waals surface area contributed by atoms with Gasteiger partial charge in [0.1, 0.15) is 0 Å². The molecule has 0 radical (unpaired) electrons. The Hall–Kier alpha value is -3.56. The molecule has 3 aromatic carbocycles. The molecule has 3 aromatic rings. The van der Waals surface area contributed by atoms with E-state index in [9.17, 15) is 13.2 Å². The molecule has 6 heteroatoms. The predicted molar refractivity (Wildman–Crippen MR) is 115 cm³/mol. The molecule has 0 saturated carbocycles. The molecule has 0 spiro atoms. The van der Waals surface area contributed by atoms with Gasteiger partial charge < -0.3 is 10.8 Å². The molecule has 3 N–H and O–H groups in total. The first-order valence-corrected chi connectivity index (χ1v) is 9.56. The Labute approximate surface area is 179 Å². The highest BCUT2D eigenvalue weighted by atomic mass is 19.4. The van der Waals surface area contributed by atoms with E-state index in [1.807, 2.05) is 6.07 Å². The Kier molecular flexibility index (Phi) is 8.86. The number of carboxylic acids is 1. The number of alkyl halides is 3. The fourth-order valence-electron chi connectivity index (χ4n) is 2.66. The van der Waals surface area contributed by atoms with Gasteiger partial charge in [0.05, 0.1) is 0 Å². The van der Waals surface area contributed by atoms with Crippen LogP contribution in [0.5, 0.6) is 0 Å². The lowest BCUT2D eigenvalue weighted by atomic mass is 10.0. The van der Waals surface area contributed by atoms with Crippen molar-refractivity contribution in [2.24, 2.45) is 5.73 Å². The van der Waals surface area contributed by atoms with E-state index in [-0.39, 0.29) is 0 Å². The Morgan fingerprint density at radius 3 is 1.97 bits per heavy atom. The molecule has 0 bridgehead atoms. The number of nitrogens with two attached hydrogens (primary N) is 1. The van der Waals surface area contributed by atoms with Gasteiger partial charge in [-0.3, -0.25) is 0 Å². The molecule has 0 aliphatic heterocycles. The summed E-state index contributed by atoms with van der Waals surface area (Å²) in [4.78, 5) is 8.90. The number of hydrogen-bond acceptors (Lipinski definition) is 2. The van der Waals surface area contributed by atoms with Gasteiger partial charge in [0.2, 0.25) is 0 Å². The average molecular weight is 425 g/mol. The minimum absolute atomic E-state index is 0.724. The van der Waals surface area contributed by atoms with E-state index in [0.717, 1.165) is 30.5 Å². The monoisotopic (exact) mass is 425 g/mol. The molecule has 3 nitrogen and oxygen atoms in total. The molecular formula is C25H22F3NO2. The summed E-state index contributed by atoms with van der Waals surface area (Å²) in [5.41, 5.74) is 11.4. The number of benzene rings is 3. The summed E-state index contributed by atoms with van der Waals surface area (Å²) < 4.78 is 31.7. The largest absolute Gasteiger partial charge is 0.490 e. The molecule has 0 unspecified atom stereocenters. The summed E-state index contributed by atoms with van der Waals surface area (Å²) in [5, 5.41) is 7.12. The third-order valence-corrected chi connectivity index (χ3v) is 4.16. The SMILES string of the molecule is NCCCc1cccc(C#Cc2cccc(-c3ccccc3)c2)c1.O=C(O)C(F)(F)F. The quantitative estimate of drug-likeness (QED) is 0.559. The van der Waals surface area contributed by atoms with Crippen molar-refractivity contribution in [3.8, 4) is 23.0 Å². The second kappa shape index (κ2) is 11.6. The third-order valence-electron chi connectivity index (χ3n) is 4.16. The molecule has 31 heavy (non-hydrogen) atoms. The number of halogens is 3. The van der Waals surface area contributed by atoms with Crippen LogP contribution in [0.4, 0.5) is 13.2 Å². The van der Waals surface area contributed by atoms with Crippen molar-refractivity contribution in [2.45, 2.75) is 19.0 Å². The van der Waals surface area contributed by atoms with Crippen LogP contribution in [-0.2, 0) is 11.2 Å². The van der Waals surface area contributed by atoms with Gasteiger partial charge in [0, 0.05) is 11.1 Å². The Balaban J connectivity index is 0.000000423. The van der Waals surface area contributed by atoms with Crippen LogP contribution in [0.15, 0.2) is 78.9 Å². The average Bonchev–Trinajstić information content (AvgIpc) is 2.77. The van der Waals surface area contributed by atoms with Crippen molar-refractivity contribution in [1.29, 1.82) is 0 Å². The molecule has 0 saturated heterocycles. The first-order valence-electron chi connectivity index (χ1n) is 9.56. The van der Waals surface area contributed by atoms with E-state index in [4.69, 9.17) is 15.6 Å².